The Labute approximate surface area is 199 Å². The van der Waals surface area contributed by atoms with Gasteiger partial charge in [0.1, 0.15) is 0 Å². The summed E-state index contributed by atoms with van der Waals surface area (Å²) in [5, 5.41) is 3.24. The topological polar surface area (TPSA) is 96.5 Å². The van der Waals surface area contributed by atoms with E-state index in [1.807, 2.05) is 30.3 Å². The lowest BCUT2D eigenvalue weighted by Gasteiger charge is -2.28. The molecule has 0 aliphatic carbocycles. The lowest BCUT2D eigenvalue weighted by atomic mass is 10.1. The molecule has 1 saturated heterocycles. The van der Waals surface area contributed by atoms with Gasteiger partial charge in [0.2, 0.25) is 16.0 Å². The van der Waals surface area contributed by atoms with Crippen molar-refractivity contribution >= 4 is 44.6 Å². The number of anilines is 4. The van der Waals surface area contributed by atoms with Gasteiger partial charge in [-0.25, -0.2) is 18.4 Å². The molecular weight excluding hydrogens is 462 g/mol. The van der Waals surface area contributed by atoms with E-state index in [4.69, 9.17) is 16.3 Å². The van der Waals surface area contributed by atoms with E-state index in [1.54, 1.807) is 18.3 Å². The number of morpholine rings is 1. The van der Waals surface area contributed by atoms with Gasteiger partial charge in [-0.3, -0.25) is 4.72 Å². The molecule has 1 aromatic heterocycles. The van der Waals surface area contributed by atoms with Crippen LogP contribution in [0, 0.1) is 0 Å². The van der Waals surface area contributed by atoms with Crippen molar-refractivity contribution in [3.8, 4) is 11.3 Å². The van der Waals surface area contributed by atoms with Crippen LogP contribution in [-0.4, -0.2) is 56.3 Å². The SMILES string of the molecule is O=S(=O)(CCCCl)Nc1ccc(-c2ccnc(Nc3ccc(N4CCOCC4)cc3)n2)cc1. The number of hydrogen-bond acceptors (Lipinski definition) is 7. The molecule has 0 atom stereocenters. The molecule has 2 heterocycles. The van der Waals surface area contributed by atoms with Crippen molar-refractivity contribution in [3.63, 3.8) is 0 Å². The van der Waals surface area contributed by atoms with Crippen molar-refractivity contribution in [1.29, 1.82) is 0 Å². The van der Waals surface area contributed by atoms with Crippen molar-refractivity contribution in [2.75, 3.05) is 52.9 Å². The van der Waals surface area contributed by atoms with Gasteiger partial charge in [0, 0.05) is 47.8 Å². The second-order valence-corrected chi connectivity index (χ2v) is 9.80. The summed E-state index contributed by atoms with van der Waals surface area (Å²) in [5.41, 5.74) is 4.14. The molecule has 174 valence electrons. The molecule has 2 N–H and O–H groups in total. The molecule has 1 fully saturated rings. The molecule has 1 aliphatic heterocycles. The number of sulfonamides is 1. The first-order chi connectivity index (χ1) is 16.0. The van der Waals surface area contributed by atoms with Crippen molar-refractivity contribution in [2.24, 2.45) is 0 Å². The first kappa shape index (κ1) is 23.3. The highest BCUT2D eigenvalue weighted by molar-refractivity contribution is 7.92. The van der Waals surface area contributed by atoms with Crippen LogP contribution in [0.4, 0.5) is 23.0 Å². The minimum absolute atomic E-state index is 0.00732. The van der Waals surface area contributed by atoms with Crippen LogP contribution in [0.3, 0.4) is 0 Å². The fourth-order valence-corrected chi connectivity index (χ4v) is 4.88. The van der Waals surface area contributed by atoms with E-state index in [1.165, 1.54) is 0 Å². The van der Waals surface area contributed by atoms with Gasteiger partial charge in [-0.15, -0.1) is 11.6 Å². The summed E-state index contributed by atoms with van der Waals surface area (Å²) >= 11 is 5.59. The average molecular weight is 488 g/mol. The first-order valence-electron chi connectivity index (χ1n) is 10.7. The highest BCUT2D eigenvalue weighted by atomic mass is 35.5. The van der Waals surface area contributed by atoms with Gasteiger partial charge in [0.05, 0.1) is 24.7 Å². The lowest BCUT2D eigenvalue weighted by Crippen LogP contribution is -2.36. The number of benzene rings is 2. The zero-order chi connectivity index (χ0) is 23.1. The average Bonchev–Trinajstić information content (AvgIpc) is 2.84. The van der Waals surface area contributed by atoms with Crippen molar-refractivity contribution < 1.29 is 13.2 Å². The second-order valence-electron chi connectivity index (χ2n) is 7.58. The Bertz CT molecular complexity index is 1150. The number of halogens is 1. The summed E-state index contributed by atoms with van der Waals surface area (Å²) in [6.45, 7) is 3.29. The first-order valence-corrected chi connectivity index (χ1v) is 12.9. The van der Waals surface area contributed by atoms with Crippen LogP contribution < -0.4 is 14.9 Å². The molecule has 0 radical (unpaired) electrons. The number of hydrogen-bond donors (Lipinski definition) is 2. The van der Waals surface area contributed by atoms with Gasteiger partial charge < -0.3 is 15.0 Å². The minimum atomic E-state index is -3.41. The number of alkyl halides is 1. The molecule has 0 bridgehead atoms. The van der Waals surface area contributed by atoms with E-state index in [0.29, 0.717) is 23.9 Å². The third-order valence-corrected chi connectivity index (χ3v) is 6.80. The van der Waals surface area contributed by atoms with Crippen LogP contribution in [0.2, 0.25) is 0 Å². The van der Waals surface area contributed by atoms with Gasteiger partial charge in [-0.1, -0.05) is 12.1 Å². The van der Waals surface area contributed by atoms with Crippen LogP contribution in [0.25, 0.3) is 11.3 Å². The van der Waals surface area contributed by atoms with E-state index < -0.39 is 10.0 Å². The van der Waals surface area contributed by atoms with E-state index in [0.717, 1.165) is 48.9 Å². The predicted molar refractivity (Wildman–Crippen MR) is 133 cm³/mol. The molecule has 0 unspecified atom stereocenters. The van der Waals surface area contributed by atoms with Crippen molar-refractivity contribution in [2.45, 2.75) is 6.42 Å². The lowest BCUT2D eigenvalue weighted by molar-refractivity contribution is 0.122. The molecule has 0 saturated carbocycles. The van der Waals surface area contributed by atoms with Crippen molar-refractivity contribution in [1.82, 2.24) is 9.97 Å². The molecule has 3 aromatic rings. The van der Waals surface area contributed by atoms with E-state index in [9.17, 15) is 8.42 Å². The summed E-state index contributed by atoms with van der Waals surface area (Å²) in [7, 11) is -3.41. The Morgan fingerprint density at radius 3 is 2.36 bits per heavy atom. The highest BCUT2D eigenvalue weighted by Gasteiger charge is 2.12. The zero-order valence-corrected chi connectivity index (χ0v) is 19.6. The monoisotopic (exact) mass is 487 g/mol. The van der Waals surface area contributed by atoms with Crippen LogP contribution >= 0.6 is 11.6 Å². The molecule has 33 heavy (non-hydrogen) atoms. The fourth-order valence-electron chi connectivity index (χ4n) is 3.47. The molecule has 0 spiro atoms. The summed E-state index contributed by atoms with van der Waals surface area (Å²) in [6, 6.07) is 17.0. The number of nitrogens with zero attached hydrogens (tertiary/aromatic N) is 3. The second kappa shape index (κ2) is 10.8. The third-order valence-electron chi connectivity index (χ3n) is 5.16. The van der Waals surface area contributed by atoms with E-state index >= 15 is 0 Å². The Balaban J connectivity index is 1.41. The van der Waals surface area contributed by atoms with Crippen LogP contribution in [0.5, 0.6) is 0 Å². The Kier molecular flexibility index (Phi) is 7.64. The fraction of sp³-hybridized carbons (Fsp3) is 0.304. The van der Waals surface area contributed by atoms with Gasteiger partial charge in [-0.2, -0.15) is 0 Å². The zero-order valence-electron chi connectivity index (χ0n) is 18.1. The Morgan fingerprint density at radius 2 is 1.67 bits per heavy atom. The van der Waals surface area contributed by atoms with Crippen LogP contribution in [-0.2, 0) is 14.8 Å². The maximum absolute atomic E-state index is 12.0. The van der Waals surface area contributed by atoms with Crippen LogP contribution in [0.15, 0.2) is 60.8 Å². The normalized spacial score (nSPS) is 14.2. The number of ether oxygens (including phenoxy) is 1. The Hall–Kier alpha value is -2.88. The van der Waals surface area contributed by atoms with Gasteiger partial charge in [0.15, 0.2) is 0 Å². The summed E-state index contributed by atoms with van der Waals surface area (Å²) in [5.74, 6) is 0.784. The third kappa shape index (κ3) is 6.56. The maximum Gasteiger partial charge on any atom is 0.232 e. The summed E-state index contributed by atoms with van der Waals surface area (Å²) in [4.78, 5) is 11.2. The van der Waals surface area contributed by atoms with Gasteiger partial charge in [-0.05, 0) is 48.9 Å². The molecular formula is C23H26ClN5O3S. The molecule has 0 amide bonds. The molecule has 4 rings (SSSR count). The maximum atomic E-state index is 12.0. The number of nitrogens with one attached hydrogen (secondary N) is 2. The minimum Gasteiger partial charge on any atom is -0.378 e. The molecule has 1 aliphatic rings. The largest absolute Gasteiger partial charge is 0.378 e. The van der Waals surface area contributed by atoms with Gasteiger partial charge >= 0.3 is 0 Å². The van der Waals surface area contributed by atoms with Gasteiger partial charge in [0.25, 0.3) is 0 Å². The van der Waals surface area contributed by atoms with E-state index in [-0.39, 0.29) is 5.75 Å². The molecule has 8 nitrogen and oxygen atoms in total. The van der Waals surface area contributed by atoms with Crippen molar-refractivity contribution in [3.05, 3.63) is 60.8 Å². The standard InChI is InChI=1S/C23H26ClN5O3S/c24-11-1-17-33(30,31)28-20-4-2-18(3-5-20)22-10-12-25-23(27-22)26-19-6-8-21(9-7-19)29-13-15-32-16-14-29/h2-10,12,28H,1,11,13-17H2,(H,25,26,27). The van der Waals surface area contributed by atoms with Crippen LogP contribution in [0.1, 0.15) is 6.42 Å². The highest BCUT2D eigenvalue weighted by Crippen LogP contribution is 2.24. The van der Waals surface area contributed by atoms with E-state index in [2.05, 4.69) is 37.0 Å². The smallest absolute Gasteiger partial charge is 0.232 e. The summed E-state index contributed by atoms with van der Waals surface area (Å²) < 4.78 is 32.0. The number of aromatic nitrogens is 2. The quantitative estimate of drug-likeness (QED) is 0.439. The number of rotatable bonds is 9. The molecule has 2 aromatic carbocycles. The predicted octanol–water partition coefficient (Wildman–Crippen LogP) is 4.09. The Morgan fingerprint density at radius 1 is 0.970 bits per heavy atom. The summed E-state index contributed by atoms with van der Waals surface area (Å²) in [6.07, 6.45) is 2.09. The molecule has 10 heteroatoms.